The second-order valence-corrected chi connectivity index (χ2v) is 3.25. The van der Waals surface area contributed by atoms with Gasteiger partial charge < -0.3 is 10.5 Å². The molecule has 0 bridgehead atoms. The average Bonchev–Trinajstić information content (AvgIpc) is 2.55. The summed E-state index contributed by atoms with van der Waals surface area (Å²) in [6.07, 6.45) is 0.552. The molecule has 2 N–H and O–H groups in total. The third kappa shape index (κ3) is 3.76. The highest BCUT2D eigenvalue weighted by Gasteiger charge is 2.13. The number of thiophene rings is 1. The standard InChI is InChI=1S/C8H11NO2S.ClH/c1-11-8(10)7(9)4-6-2-3-12-5-6;/h2-3,5,7H,4,9H2,1H3;1H/t7-;/m1./s1. The summed E-state index contributed by atoms with van der Waals surface area (Å²) < 4.78 is 4.50. The van der Waals surface area contributed by atoms with E-state index in [1.807, 2.05) is 16.8 Å². The molecule has 0 saturated carbocycles. The maximum Gasteiger partial charge on any atom is 0.322 e. The third-order valence-electron chi connectivity index (χ3n) is 1.54. The molecule has 13 heavy (non-hydrogen) atoms. The summed E-state index contributed by atoms with van der Waals surface area (Å²) >= 11 is 1.59. The van der Waals surface area contributed by atoms with Gasteiger partial charge in [0.1, 0.15) is 6.04 Å². The number of esters is 1. The minimum absolute atomic E-state index is 0. The predicted octanol–water partition coefficient (Wildman–Crippen LogP) is 1.21. The summed E-state index contributed by atoms with van der Waals surface area (Å²) in [4.78, 5) is 10.9. The van der Waals surface area contributed by atoms with E-state index in [-0.39, 0.29) is 18.4 Å². The monoisotopic (exact) mass is 221 g/mol. The summed E-state index contributed by atoms with van der Waals surface area (Å²) in [7, 11) is 1.34. The van der Waals surface area contributed by atoms with Gasteiger partial charge in [0.05, 0.1) is 7.11 Å². The Hall–Kier alpha value is -0.580. The van der Waals surface area contributed by atoms with Crippen LogP contribution in [0.25, 0.3) is 0 Å². The highest BCUT2D eigenvalue weighted by Crippen LogP contribution is 2.08. The van der Waals surface area contributed by atoms with Crippen LogP contribution in [0.2, 0.25) is 0 Å². The van der Waals surface area contributed by atoms with Crippen molar-refractivity contribution in [3.05, 3.63) is 22.4 Å². The van der Waals surface area contributed by atoms with Crippen molar-refractivity contribution in [1.29, 1.82) is 0 Å². The first-order valence-corrected chi connectivity index (χ1v) is 4.53. The minimum Gasteiger partial charge on any atom is -0.468 e. The molecule has 1 heterocycles. The van der Waals surface area contributed by atoms with E-state index in [2.05, 4.69) is 4.74 Å². The van der Waals surface area contributed by atoms with Crippen LogP contribution in [0.1, 0.15) is 5.56 Å². The number of ether oxygens (including phenoxy) is 1. The van der Waals surface area contributed by atoms with Gasteiger partial charge in [-0.15, -0.1) is 12.4 Å². The summed E-state index contributed by atoms with van der Waals surface area (Å²) in [5, 5.41) is 3.93. The molecule has 3 nitrogen and oxygen atoms in total. The van der Waals surface area contributed by atoms with Gasteiger partial charge in [-0.05, 0) is 28.8 Å². The van der Waals surface area contributed by atoms with Gasteiger partial charge in [-0.1, -0.05) is 0 Å². The van der Waals surface area contributed by atoms with Gasteiger partial charge >= 0.3 is 5.97 Å². The molecule has 1 aromatic heterocycles. The maximum atomic E-state index is 10.9. The number of halogens is 1. The van der Waals surface area contributed by atoms with E-state index in [9.17, 15) is 4.79 Å². The van der Waals surface area contributed by atoms with Crippen molar-refractivity contribution in [3.63, 3.8) is 0 Å². The third-order valence-corrected chi connectivity index (χ3v) is 2.27. The molecule has 0 aromatic carbocycles. The van der Waals surface area contributed by atoms with Crippen LogP contribution in [0.15, 0.2) is 16.8 Å². The van der Waals surface area contributed by atoms with E-state index in [4.69, 9.17) is 5.73 Å². The fraction of sp³-hybridized carbons (Fsp3) is 0.375. The number of nitrogens with two attached hydrogens (primary N) is 1. The van der Waals surface area contributed by atoms with Gasteiger partial charge in [0, 0.05) is 0 Å². The van der Waals surface area contributed by atoms with Gasteiger partial charge in [-0.3, -0.25) is 4.79 Å². The molecule has 0 spiro atoms. The number of carbonyl (C=O) groups is 1. The van der Waals surface area contributed by atoms with E-state index in [0.717, 1.165) is 5.56 Å². The Morgan fingerprint density at radius 3 is 2.92 bits per heavy atom. The van der Waals surface area contributed by atoms with Crippen LogP contribution in [0.3, 0.4) is 0 Å². The first-order valence-electron chi connectivity index (χ1n) is 3.58. The number of hydrogen-bond donors (Lipinski definition) is 1. The molecular formula is C8H12ClNO2S. The molecule has 0 radical (unpaired) electrons. The van der Waals surface area contributed by atoms with Crippen LogP contribution in [0.5, 0.6) is 0 Å². The van der Waals surface area contributed by atoms with Crippen LogP contribution in [0, 0.1) is 0 Å². The molecule has 0 aliphatic carbocycles. The Kier molecular flexibility index (Phi) is 5.70. The lowest BCUT2D eigenvalue weighted by Gasteiger charge is -2.06. The van der Waals surface area contributed by atoms with E-state index in [1.165, 1.54) is 7.11 Å². The largest absolute Gasteiger partial charge is 0.468 e. The van der Waals surface area contributed by atoms with Gasteiger partial charge in [0.15, 0.2) is 0 Å². The van der Waals surface area contributed by atoms with E-state index < -0.39 is 6.04 Å². The Morgan fingerprint density at radius 1 is 1.77 bits per heavy atom. The topological polar surface area (TPSA) is 52.3 Å². The zero-order valence-corrected chi connectivity index (χ0v) is 8.86. The van der Waals surface area contributed by atoms with Crippen molar-refractivity contribution in [2.75, 3.05) is 7.11 Å². The SMILES string of the molecule is COC(=O)[C@H](N)Cc1ccsc1.Cl. The Labute approximate surface area is 87.3 Å². The maximum absolute atomic E-state index is 10.9. The average molecular weight is 222 g/mol. The highest BCUT2D eigenvalue weighted by molar-refractivity contribution is 7.07. The fourth-order valence-corrected chi connectivity index (χ4v) is 1.58. The van der Waals surface area contributed by atoms with Crippen LogP contribution < -0.4 is 5.73 Å². The lowest BCUT2D eigenvalue weighted by atomic mass is 10.1. The van der Waals surface area contributed by atoms with E-state index in [0.29, 0.717) is 6.42 Å². The molecule has 1 atom stereocenters. The van der Waals surface area contributed by atoms with Crippen molar-refractivity contribution < 1.29 is 9.53 Å². The number of methoxy groups -OCH3 is 1. The number of rotatable bonds is 3. The van der Waals surface area contributed by atoms with Gasteiger partial charge in [0.25, 0.3) is 0 Å². The Bertz CT molecular complexity index is 251. The zero-order valence-electron chi connectivity index (χ0n) is 7.23. The summed E-state index contributed by atoms with van der Waals surface area (Å²) in [5.41, 5.74) is 6.63. The first kappa shape index (κ1) is 12.4. The Balaban J connectivity index is 0.00000144. The molecule has 1 aromatic rings. The summed E-state index contributed by atoms with van der Waals surface area (Å²) in [5.74, 6) is -0.360. The predicted molar refractivity (Wildman–Crippen MR) is 55.3 cm³/mol. The molecule has 0 aliphatic rings. The molecule has 0 saturated heterocycles. The molecule has 0 fully saturated rings. The van der Waals surface area contributed by atoms with E-state index >= 15 is 0 Å². The van der Waals surface area contributed by atoms with Gasteiger partial charge in [-0.2, -0.15) is 11.3 Å². The summed E-state index contributed by atoms with van der Waals surface area (Å²) in [6, 6.07) is 1.41. The van der Waals surface area contributed by atoms with Crippen molar-refractivity contribution in [1.82, 2.24) is 0 Å². The van der Waals surface area contributed by atoms with Crippen LogP contribution >= 0.6 is 23.7 Å². The lowest BCUT2D eigenvalue weighted by Crippen LogP contribution is -2.33. The molecule has 0 amide bonds. The zero-order chi connectivity index (χ0) is 8.97. The Morgan fingerprint density at radius 2 is 2.46 bits per heavy atom. The van der Waals surface area contributed by atoms with Crippen molar-refractivity contribution in [2.24, 2.45) is 5.73 Å². The molecule has 74 valence electrons. The molecule has 5 heteroatoms. The van der Waals surface area contributed by atoms with Crippen LogP contribution in [0.4, 0.5) is 0 Å². The quantitative estimate of drug-likeness (QED) is 0.781. The molecule has 1 rings (SSSR count). The second kappa shape index (κ2) is 5.96. The normalized spacial score (nSPS) is 11.5. The lowest BCUT2D eigenvalue weighted by molar-refractivity contribution is -0.142. The van der Waals surface area contributed by atoms with Crippen molar-refractivity contribution in [3.8, 4) is 0 Å². The molecular weight excluding hydrogens is 210 g/mol. The molecule has 0 unspecified atom stereocenters. The first-order chi connectivity index (χ1) is 5.74. The molecule has 0 aliphatic heterocycles. The van der Waals surface area contributed by atoms with Crippen molar-refractivity contribution in [2.45, 2.75) is 12.5 Å². The smallest absolute Gasteiger partial charge is 0.322 e. The second-order valence-electron chi connectivity index (χ2n) is 2.47. The number of carbonyl (C=O) groups excluding carboxylic acids is 1. The van der Waals surface area contributed by atoms with Gasteiger partial charge in [-0.25, -0.2) is 0 Å². The highest BCUT2D eigenvalue weighted by atomic mass is 35.5. The minimum atomic E-state index is -0.537. The van der Waals surface area contributed by atoms with Crippen LogP contribution in [-0.2, 0) is 16.0 Å². The van der Waals surface area contributed by atoms with Crippen molar-refractivity contribution >= 4 is 29.7 Å². The van der Waals surface area contributed by atoms with E-state index in [1.54, 1.807) is 11.3 Å². The number of hydrogen-bond acceptors (Lipinski definition) is 4. The summed E-state index contributed by atoms with van der Waals surface area (Å²) in [6.45, 7) is 0. The van der Waals surface area contributed by atoms with Gasteiger partial charge in [0.2, 0.25) is 0 Å². The van der Waals surface area contributed by atoms with Crippen LogP contribution in [-0.4, -0.2) is 19.1 Å². The fourth-order valence-electron chi connectivity index (χ4n) is 0.897.